The summed E-state index contributed by atoms with van der Waals surface area (Å²) in [5.41, 5.74) is 11.0. The molecule has 2 aromatic carbocycles. The number of nitrogens with two attached hydrogens (primary N) is 1. The zero-order valence-corrected chi connectivity index (χ0v) is 16.0. The van der Waals surface area contributed by atoms with Crippen molar-refractivity contribution in [2.24, 2.45) is 0 Å². The lowest BCUT2D eigenvalue weighted by Gasteiger charge is -2.21. The fraction of sp³-hybridized carbons (Fsp3) is 0.261. The van der Waals surface area contributed by atoms with Crippen molar-refractivity contribution in [2.45, 2.75) is 32.1 Å². The highest BCUT2D eigenvalue weighted by Crippen LogP contribution is 2.35. The zero-order valence-electron chi connectivity index (χ0n) is 15.1. The number of hydrogen-bond acceptors (Lipinski definition) is 2. The second kappa shape index (κ2) is 8.01. The Hall–Kier alpha value is -2.18. The molecule has 132 valence electrons. The summed E-state index contributed by atoms with van der Waals surface area (Å²) in [5.74, 6) is 0. The molecule has 0 radical (unpaired) electrons. The van der Waals surface area contributed by atoms with E-state index in [2.05, 4.69) is 66.7 Å². The molecule has 4 rings (SSSR count). The van der Waals surface area contributed by atoms with Crippen molar-refractivity contribution in [3.8, 4) is 0 Å². The zero-order chi connectivity index (χ0) is 17.8. The molecular formula is C23H25N2P. The van der Waals surface area contributed by atoms with Crippen molar-refractivity contribution in [1.82, 2.24) is 4.98 Å². The average molecular weight is 360 g/mol. The van der Waals surface area contributed by atoms with E-state index in [4.69, 9.17) is 10.7 Å². The van der Waals surface area contributed by atoms with Crippen LogP contribution in [0.3, 0.4) is 0 Å². The summed E-state index contributed by atoms with van der Waals surface area (Å²) in [4.78, 5) is 4.96. The first-order chi connectivity index (χ1) is 12.8. The highest BCUT2D eigenvalue weighted by molar-refractivity contribution is 7.73. The Kier molecular flexibility index (Phi) is 5.32. The molecule has 3 heteroatoms. The number of nitrogen functional groups attached to an aromatic ring is 1. The maximum atomic E-state index is 6.35. The number of hydrogen-bond donors (Lipinski definition) is 1. The van der Waals surface area contributed by atoms with Crippen molar-refractivity contribution in [2.75, 3.05) is 11.9 Å². The fourth-order valence-corrected chi connectivity index (χ4v) is 6.05. The van der Waals surface area contributed by atoms with Crippen LogP contribution in [0.15, 0.2) is 66.7 Å². The molecule has 3 aromatic rings. The van der Waals surface area contributed by atoms with E-state index in [-0.39, 0.29) is 0 Å². The molecule has 0 saturated heterocycles. The number of benzene rings is 2. The normalized spacial score (nSPS) is 13.6. The molecule has 0 bridgehead atoms. The summed E-state index contributed by atoms with van der Waals surface area (Å²) in [6, 6.07) is 23.9. The van der Waals surface area contributed by atoms with Crippen LogP contribution in [-0.2, 0) is 19.3 Å². The lowest BCUT2D eigenvalue weighted by atomic mass is 9.95. The Bertz CT molecular complexity index is 823. The maximum Gasteiger partial charge on any atom is 0.0639 e. The Morgan fingerprint density at radius 1 is 0.846 bits per heavy atom. The fourth-order valence-electron chi connectivity index (χ4n) is 3.74. The number of fused-ring (bicyclic) bond motifs is 1. The molecule has 2 nitrogen and oxygen atoms in total. The first kappa shape index (κ1) is 17.2. The minimum atomic E-state index is -0.394. The number of aryl methyl sites for hydroxylation is 3. The van der Waals surface area contributed by atoms with E-state index in [0.717, 1.165) is 36.8 Å². The van der Waals surface area contributed by atoms with Crippen LogP contribution in [-0.4, -0.2) is 11.1 Å². The lowest BCUT2D eigenvalue weighted by molar-refractivity contribution is 0.664. The molecule has 0 fully saturated rings. The molecule has 1 aromatic heterocycles. The minimum Gasteiger partial charge on any atom is -0.397 e. The number of nitrogens with zero attached hydrogens (tertiary/aromatic N) is 1. The Morgan fingerprint density at radius 2 is 1.46 bits per heavy atom. The van der Waals surface area contributed by atoms with Crippen LogP contribution >= 0.6 is 7.92 Å². The molecule has 0 amide bonds. The van der Waals surface area contributed by atoms with Gasteiger partial charge in [0.15, 0.2) is 0 Å². The number of anilines is 1. The van der Waals surface area contributed by atoms with Gasteiger partial charge in [-0.05, 0) is 68.4 Å². The van der Waals surface area contributed by atoms with Crippen molar-refractivity contribution >= 4 is 24.2 Å². The molecule has 0 spiro atoms. The van der Waals surface area contributed by atoms with E-state index in [9.17, 15) is 0 Å². The summed E-state index contributed by atoms with van der Waals surface area (Å²) in [5, 5.41) is 2.84. The minimum absolute atomic E-state index is 0.394. The van der Waals surface area contributed by atoms with Crippen LogP contribution in [0.5, 0.6) is 0 Å². The van der Waals surface area contributed by atoms with Crippen LogP contribution in [0.4, 0.5) is 5.69 Å². The van der Waals surface area contributed by atoms with Gasteiger partial charge in [-0.3, -0.25) is 4.98 Å². The van der Waals surface area contributed by atoms with Crippen LogP contribution < -0.4 is 16.3 Å². The van der Waals surface area contributed by atoms with Gasteiger partial charge in [-0.25, -0.2) is 0 Å². The summed E-state index contributed by atoms with van der Waals surface area (Å²) >= 11 is 0. The lowest BCUT2D eigenvalue weighted by Crippen LogP contribution is -2.16. The van der Waals surface area contributed by atoms with Crippen LogP contribution in [0.2, 0.25) is 0 Å². The molecule has 0 saturated carbocycles. The summed E-state index contributed by atoms with van der Waals surface area (Å²) in [6.45, 7) is 0. The van der Waals surface area contributed by atoms with Gasteiger partial charge in [0.2, 0.25) is 0 Å². The van der Waals surface area contributed by atoms with Gasteiger partial charge in [-0.2, -0.15) is 0 Å². The van der Waals surface area contributed by atoms with Crippen molar-refractivity contribution < 1.29 is 0 Å². The first-order valence-corrected chi connectivity index (χ1v) is 11.0. The third-order valence-electron chi connectivity index (χ3n) is 5.12. The third kappa shape index (κ3) is 3.81. The second-order valence-electron chi connectivity index (χ2n) is 6.91. The quantitative estimate of drug-likeness (QED) is 0.692. The number of rotatable bonds is 5. The van der Waals surface area contributed by atoms with Gasteiger partial charge < -0.3 is 5.73 Å². The third-order valence-corrected chi connectivity index (χ3v) is 7.63. The maximum absolute atomic E-state index is 6.35. The van der Waals surface area contributed by atoms with Crippen molar-refractivity contribution in [1.29, 1.82) is 0 Å². The summed E-state index contributed by atoms with van der Waals surface area (Å²) in [7, 11) is -0.394. The van der Waals surface area contributed by atoms with Crippen LogP contribution in [0, 0.1) is 0 Å². The van der Waals surface area contributed by atoms with E-state index in [1.54, 1.807) is 0 Å². The predicted octanol–water partition coefficient (Wildman–Crippen LogP) is 4.22. The van der Waals surface area contributed by atoms with E-state index >= 15 is 0 Å². The first-order valence-electron chi connectivity index (χ1n) is 9.46. The van der Waals surface area contributed by atoms with Gasteiger partial charge in [0.25, 0.3) is 0 Å². The van der Waals surface area contributed by atoms with Crippen LogP contribution in [0.1, 0.15) is 29.8 Å². The topological polar surface area (TPSA) is 38.9 Å². The van der Waals surface area contributed by atoms with E-state index in [1.165, 1.54) is 34.7 Å². The Labute approximate surface area is 157 Å². The van der Waals surface area contributed by atoms with Gasteiger partial charge >= 0.3 is 0 Å². The smallest absolute Gasteiger partial charge is 0.0639 e. The predicted molar refractivity (Wildman–Crippen MR) is 113 cm³/mol. The number of aromatic nitrogens is 1. The molecule has 1 aliphatic rings. The molecule has 2 N–H and O–H groups in total. The SMILES string of the molecule is Nc1cc2c(nc1CCP(c1ccccc1)c1ccccc1)CCCC2. The van der Waals surface area contributed by atoms with E-state index in [0.29, 0.717) is 0 Å². The standard InChI is InChI=1S/C23H25N2P/c24-21-17-18-9-7-8-14-22(18)25-23(21)15-16-26(19-10-3-1-4-11-19)20-12-5-2-6-13-20/h1-6,10-13,17H,7-9,14-16,24H2. The Balaban J connectivity index is 1.59. The van der Waals surface area contributed by atoms with Crippen LogP contribution in [0.25, 0.3) is 0 Å². The molecule has 0 aliphatic heterocycles. The highest BCUT2D eigenvalue weighted by Gasteiger charge is 2.17. The highest BCUT2D eigenvalue weighted by atomic mass is 31.1. The van der Waals surface area contributed by atoms with Gasteiger partial charge in [-0.1, -0.05) is 60.7 Å². The van der Waals surface area contributed by atoms with E-state index in [1.807, 2.05) is 0 Å². The van der Waals surface area contributed by atoms with Crippen molar-refractivity contribution in [3.63, 3.8) is 0 Å². The molecule has 1 aliphatic carbocycles. The molecular weight excluding hydrogens is 335 g/mol. The largest absolute Gasteiger partial charge is 0.397 e. The van der Waals surface area contributed by atoms with E-state index < -0.39 is 7.92 Å². The monoisotopic (exact) mass is 360 g/mol. The molecule has 1 heterocycles. The second-order valence-corrected chi connectivity index (χ2v) is 9.25. The molecule has 0 atom stereocenters. The van der Waals surface area contributed by atoms with Gasteiger partial charge in [-0.15, -0.1) is 0 Å². The molecule has 0 unspecified atom stereocenters. The van der Waals surface area contributed by atoms with Gasteiger partial charge in [0.1, 0.15) is 0 Å². The average Bonchev–Trinajstić information content (AvgIpc) is 2.70. The summed E-state index contributed by atoms with van der Waals surface area (Å²) < 4.78 is 0. The molecule has 26 heavy (non-hydrogen) atoms. The van der Waals surface area contributed by atoms with Crippen molar-refractivity contribution in [3.05, 3.63) is 83.7 Å². The van der Waals surface area contributed by atoms with Gasteiger partial charge in [0.05, 0.1) is 11.4 Å². The Morgan fingerprint density at radius 3 is 2.12 bits per heavy atom. The number of pyridine rings is 1. The van der Waals surface area contributed by atoms with Gasteiger partial charge in [0, 0.05) is 5.69 Å². The summed E-state index contributed by atoms with van der Waals surface area (Å²) in [6.07, 6.45) is 6.78.